The van der Waals surface area contributed by atoms with E-state index in [0.717, 1.165) is 24.8 Å². The standard InChI is InChI=1S/C17H21Cl2NO2/c1-10(21)20-14-9-16(17-12(18)6-4-7-13(17)19)22-15-8-3-2-5-11(14)15/h4,6-7,11,14-16H,2-3,5,8-9H2,1H3,(H,20,21)/t11-,14+,15+,16+/m0/s1. The van der Waals surface area contributed by atoms with Gasteiger partial charge >= 0.3 is 0 Å². The highest BCUT2D eigenvalue weighted by Crippen LogP contribution is 2.44. The van der Waals surface area contributed by atoms with E-state index in [4.69, 9.17) is 27.9 Å². The smallest absolute Gasteiger partial charge is 0.217 e. The topological polar surface area (TPSA) is 38.3 Å². The summed E-state index contributed by atoms with van der Waals surface area (Å²) in [7, 11) is 0. The summed E-state index contributed by atoms with van der Waals surface area (Å²) in [6.07, 6.45) is 5.28. The number of carbonyl (C=O) groups is 1. The van der Waals surface area contributed by atoms with E-state index in [2.05, 4.69) is 5.32 Å². The zero-order valence-electron chi connectivity index (χ0n) is 12.6. The summed E-state index contributed by atoms with van der Waals surface area (Å²) in [5, 5.41) is 4.38. The summed E-state index contributed by atoms with van der Waals surface area (Å²) in [5.41, 5.74) is 0.852. The van der Waals surface area contributed by atoms with Gasteiger partial charge < -0.3 is 10.1 Å². The highest BCUT2D eigenvalue weighted by Gasteiger charge is 2.41. The predicted molar refractivity (Wildman–Crippen MR) is 88.3 cm³/mol. The SMILES string of the molecule is CC(=O)N[C@@H]1C[C@H](c2c(Cl)cccc2Cl)O[C@@H]2CCCC[C@@H]12. The minimum absolute atomic E-state index is 0.0141. The summed E-state index contributed by atoms with van der Waals surface area (Å²) in [4.78, 5) is 11.6. The summed E-state index contributed by atoms with van der Waals surface area (Å²) < 4.78 is 6.33. The lowest BCUT2D eigenvalue weighted by molar-refractivity contribution is -0.131. The Morgan fingerprint density at radius 2 is 1.91 bits per heavy atom. The van der Waals surface area contributed by atoms with Gasteiger partial charge in [-0.3, -0.25) is 4.79 Å². The zero-order chi connectivity index (χ0) is 15.7. The Morgan fingerprint density at radius 1 is 1.23 bits per heavy atom. The minimum Gasteiger partial charge on any atom is -0.370 e. The van der Waals surface area contributed by atoms with Crippen LogP contribution >= 0.6 is 23.2 Å². The molecule has 0 unspecified atom stereocenters. The van der Waals surface area contributed by atoms with Gasteiger partial charge in [-0.15, -0.1) is 0 Å². The van der Waals surface area contributed by atoms with E-state index in [1.165, 1.54) is 12.8 Å². The maximum absolute atomic E-state index is 11.6. The first-order chi connectivity index (χ1) is 10.6. The average molecular weight is 342 g/mol. The van der Waals surface area contributed by atoms with Crippen LogP contribution in [0.4, 0.5) is 0 Å². The molecule has 0 radical (unpaired) electrons. The van der Waals surface area contributed by atoms with Gasteiger partial charge in [-0.05, 0) is 31.4 Å². The highest BCUT2D eigenvalue weighted by molar-refractivity contribution is 6.36. The number of carbonyl (C=O) groups excluding carboxylic acids is 1. The number of hydrogen-bond acceptors (Lipinski definition) is 2. The van der Waals surface area contributed by atoms with Crippen molar-refractivity contribution in [3.05, 3.63) is 33.8 Å². The molecule has 1 amide bonds. The molecule has 2 aliphatic rings. The quantitative estimate of drug-likeness (QED) is 0.858. The molecule has 0 aromatic heterocycles. The third-order valence-electron chi connectivity index (χ3n) is 4.79. The molecule has 1 N–H and O–H groups in total. The summed E-state index contributed by atoms with van der Waals surface area (Å²) in [6, 6.07) is 5.65. The van der Waals surface area contributed by atoms with Crippen LogP contribution in [0.5, 0.6) is 0 Å². The number of nitrogens with one attached hydrogen (secondary N) is 1. The fourth-order valence-corrected chi connectivity index (χ4v) is 4.50. The molecule has 4 atom stereocenters. The van der Waals surface area contributed by atoms with Crippen LogP contribution in [0.3, 0.4) is 0 Å². The molecule has 2 fully saturated rings. The van der Waals surface area contributed by atoms with Crippen molar-refractivity contribution in [3.8, 4) is 0 Å². The van der Waals surface area contributed by atoms with Crippen LogP contribution in [0.25, 0.3) is 0 Å². The Hall–Kier alpha value is -0.770. The van der Waals surface area contributed by atoms with Crippen LogP contribution in [-0.4, -0.2) is 18.1 Å². The molecular formula is C17H21Cl2NO2. The molecule has 120 valence electrons. The van der Waals surface area contributed by atoms with Crippen LogP contribution in [0.1, 0.15) is 50.7 Å². The second-order valence-electron chi connectivity index (χ2n) is 6.29. The number of benzene rings is 1. The molecule has 22 heavy (non-hydrogen) atoms. The van der Waals surface area contributed by atoms with Gasteiger partial charge in [-0.1, -0.05) is 42.1 Å². The van der Waals surface area contributed by atoms with Crippen molar-refractivity contribution in [3.63, 3.8) is 0 Å². The maximum atomic E-state index is 11.6. The molecule has 5 heteroatoms. The van der Waals surface area contributed by atoms with E-state index in [-0.39, 0.29) is 24.2 Å². The molecule has 1 saturated carbocycles. The van der Waals surface area contributed by atoms with Crippen molar-refractivity contribution < 1.29 is 9.53 Å². The first kappa shape index (κ1) is 16.1. The second kappa shape index (κ2) is 6.77. The van der Waals surface area contributed by atoms with Crippen LogP contribution in [-0.2, 0) is 9.53 Å². The van der Waals surface area contributed by atoms with Gasteiger partial charge in [0, 0.05) is 34.5 Å². The van der Waals surface area contributed by atoms with Crippen molar-refractivity contribution in [2.45, 2.75) is 57.3 Å². The predicted octanol–water partition coefficient (Wildman–Crippen LogP) is 4.52. The first-order valence-corrected chi connectivity index (χ1v) is 8.68. The molecule has 1 heterocycles. The van der Waals surface area contributed by atoms with Crippen molar-refractivity contribution in [1.29, 1.82) is 0 Å². The monoisotopic (exact) mass is 341 g/mol. The van der Waals surface area contributed by atoms with E-state index < -0.39 is 0 Å². The van der Waals surface area contributed by atoms with Gasteiger partial charge in [0.1, 0.15) is 0 Å². The zero-order valence-corrected chi connectivity index (χ0v) is 14.2. The maximum Gasteiger partial charge on any atom is 0.217 e. The van der Waals surface area contributed by atoms with Crippen molar-refractivity contribution in [2.24, 2.45) is 5.92 Å². The van der Waals surface area contributed by atoms with Gasteiger partial charge in [-0.2, -0.15) is 0 Å². The third kappa shape index (κ3) is 3.27. The number of fused-ring (bicyclic) bond motifs is 1. The molecule has 0 bridgehead atoms. The van der Waals surface area contributed by atoms with E-state index in [9.17, 15) is 4.79 Å². The van der Waals surface area contributed by atoms with E-state index >= 15 is 0 Å². The summed E-state index contributed by atoms with van der Waals surface area (Å²) in [5.74, 6) is 0.412. The Bertz CT molecular complexity index is 543. The first-order valence-electron chi connectivity index (χ1n) is 7.92. The Balaban J connectivity index is 1.88. The van der Waals surface area contributed by atoms with Crippen LogP contribution < -0.4 is 5.32 Å². The lowest BCUT2D eigenvalue weighted by Crippen LogP contribution is -2.50. The number of hydrogen-bond donors (Lipinski definition) is 1. The van der Waals surface area contributed by atoms with Gasteiger partial charge in [0.05, 0.1) is 12.2 Å². The molecule has 3 nitrogen and oxygen atoms in total. The van der Waals surface area contributed by atoms with E-state index in [1.54, 1.807) is 6.92 Å². The fourth-order valence-electron chi connectivity index (χ4n) is 3.86. The van der Waals surface area contributed by atoms with Gasteiger partial charge in [0.25, 0.3) is 0 Å². The van der Waals surface area contributed by atoms with Crippen LogP contribution in [0.2, 0.25) is 10.0 Å². The largest absolute Gasteiger partial charge is 0.370 e. The number of ether oxygens (including phenoxy) is 1. The van der Waals surface area contributed by atoms with Crippen LogP contribution in [0, 0.1) is 5.92 Å². The third-order valence-corrected chi connectivity index (χ3v) is 5.45. The lowest BCUT2D eigenvalue weighted by Gasteiger charge is -2.45. The van der Waals surface area contributed by atoms with E-state index in [0.29, 0.717) is 16.0 Å². The lowest BCUT2D eigenvalue weighted by atomic mass is 9.76. The van der Waals surface area contributed by atoms with Crippen LogP contribution in [0.15, 0.2) is 18.2 Å². The molecule has 1 aromatic rings. The normalized spacial score (nSPS) is 31.4. The van der Waals surface area contributed by atoms with Gasteiger partial charge in [0.2, 0.25) is 5.91 Å². The molecule has 0 spiro atoms. The molecule has 3 rings (SSSR count). The number of rotatable bonds is 2. The Morgan fingerprint density at radius 3 is 2.59 bits per heavy atom. The molecular weight excluding hydrogens is 321 g/mol. The number of halogens is 2. The minimum atomic E-state index is -0.155. The summed E-state index contributed by atoms with van der Waals surface area (Å²) in [6.45, 7) is 1.57. The molecule has 1 saturated heterocycles. The number of amides is 1. The highest BCUT2D eigenvalue weighted by atomic mass is 35.5. The molecule has 1 aliphatic heterocycles. The van der Waals surface area contributed by atoms with E-state index in [1.807, 2.05) is 18.2 Å². The molecule has 1 aliphatic carbocycles. The van der Waals surface area contributed by atoms with Crippen molar-refractivity contribution >= 4 is 29.1 Å². The van der Waals surface area contributed by atoms with Crippen molar-refractivity contribution in [1.82, 2.24) is 5.32 Å². The fraction of sp³-hybridized carbons (Fsp3) is 0.588. The average Bonchev–Trinajstić information content (AvgIpc) is 2.46. The molecule has 1 aromatic carbocycles. The van der Waals surface area contributed by atoms with Gasteiger partial charge in [0.15, 0.2) is 0 Å². The van der Waals surface area contributed by atoms with Crippen molar-refractivity contribution in [2.75, 3.05) is 0 Å². The second-order valence-corrected chi connectivity index (χ2v) is 7.10. The Kier molecular flexibility index (Phi) is 4.96. The summed E-state index contributed by atoms with van der Waals surface area (Å²) >= 11 is 12.7. The Labute approximate surface area is 141 Å². The van der Waals surface area contributed by atoms with Gasteiger partial charge in [-0.25, -0.2) is 0 Å².